The standard InChI is InChI=1S/C31H35N3O3/c1-3-29(26-8-5-4-6-9-26)31(35)34-18-16-33(17-19-34)22-30(27-10-7-11-28(20-27)36-2)37-23-25-14-12-24(21-32)13-15-25/h4-15,20,29-30H,3,16-19,22-23H2,1-2H3/t29-,30+/m0/s1. The van der Waals surface area contributed by atoms with Crippen LogP contribution >= 0.6 is 0 Å². The Hall–Kier alpha value is -3.66. The third-order valence-electron chi connectivity index (χ3n) is 7.02. The lowest BCUT2D eigenvalue weighted by molar-refractivity contribution is -0.135. The zero-order valence-electron chi connectivity index (χ0n) is 21.7. The maximum Gasteiger partial charge on any atom is 0.230 e. The molecule has 0 aliphatic carbocycles. The van der Waals surface area contributed by atoms with Crippen LogP contribution in [0.4, 0.5) is 0 Å². The summed E-state index contributed by atoms with van der Waals surface area (Å²) in [5.41, 5.74) is 3.81. The second-order valence-corrected chi connectivity index (χ2v) is 9.38. The van der Waals surface area contributed by atoms with E-state index in [0.717, 1.165) is 48.5 Å². The Balaban J connectivity index is 1.40. The molecule has 6 nitrogen and oxygen atoms in total. The van der Waals surface area contributed by atoms with Crippen molar-refractivity contribution in [3.63, 3.8) is 0 Å². The van der Waals surface area contributed by atoms with Crippen LogP contribution in [0.15, 0.2) is 78.9 Å². The summed E-state index contributed by atoms with van der Waals surface area (Å²) in [4.78, 5) is 17.7. The largest absolute Gasteiger partial charge is 0.497 e. The van der Waals surface area contributed by atoms with Gasteiger partial charge in [-0.15, -0.1) is 0 Å². The Labute approximate surface area is 220 Å². The third-order valence-corrected chi connectivity index (χ3v) is 7.02. The average molecular weight is 498 g/mol. The minimum Gasteiger partial charge on any atom is -0.497 e. The van der Waals surface area contributed by atoms with E-state index in [4.69, 9.17) is 14.7 Å². The smallest absolute Gasteiger partial charge is 0.230 e. The predicted octanol–water partition coefficient (Wildman–Crippen LogP) is 5.16. The predicted molar refractivity (Wildman–Crippen MR) is 144 cm³/mol. The zero-order chi connectivity index (χ0) is 26.0. The van der Waals surface area contributed by atoms with E-state index in [1.54, 1.807) is 7.11 Å². The lowest BCUT2D eigenvalue weighted by atomic mass is 9.95. The van der Waals surface area contributed by atoms with Gasteiger partial charge >= 0.3 is 0 Å². The average Bonchev–Trinajstić information content (AvgIpc) is 2.96. The van der Waals surface area contributed by atoms with E-state index in [-0.39, 0.29) is 17.9 Å². The van der Waals surface area contributed by atoms with Crippen LogP contribution in [0, 0.1) is 11.3 Å². The summed E-state index contributed by atoms with van der Waals surface area (Å²) in [6, 6.07) is 27.7. The van der Waals surface area contributed by atoms with Crippen molar-refractivity contribution in [1.82, 2.24) is 9.80 Å². The summed E-state index contributed by atoms with van der Waals surface area (Å²) in [6.07, 6.45) is 0.644. The molecular weight excluding hydrogens is 462 g/mol. The molecule has 0 spiro atoms. The first kappa shape index (κ1) is 26.4. The molecule has 0 aromatic heterocycles. The summed E-state index contributed by atoms with van der Waals surface area (Å²) in [6.45, 7) is 6.28. The fourth-order valence-corrected chi connectivity index (χ4v) is 4.81. The van der Waals surface area contributed by atoms with E-state index in [1.165, 1.54) is 0 Å². The SMILES string of the molecule is CC[C@H](C(=O)N1CCN(C[C@@H](OCc2ccc(C#N)cc2)c2cccc(OC)c2)CC1)c1ccccc1. The number of rotatable bonds is 10. The lowest BCUT2D eigenvalue weighted by Gasteiger charge is -2.38. The minimum absolute atomic E-state index is 0.0898. The monoisotopic (exact) mass is 497 g/mol. The van der Waals surface area contributed by atoms with Gasteiger partial charge in [0.15, 0.2) is 0 Å². The second-order valence-electron chi connectivity index (χ2n) is 9.38. The molecule has 1 saturated heterocycles. The molecular formula is C31H35N3O3. The Kier molecular flexibility index (Phi) is 9.31. The van der Waals surface area contributed by atoms with E-state index in [9.17, 15) is 4.79 Å². The number of methoxy groups -OCH3 is 1. The Bertz CT molecular complexity index is 1180. The molecule has 1 amide bonds. The molecule has 4 rings (SSSR count). The van der Waals surface area contributed by atoms with Crippen LogP contribution in [0.1, 0.15) is 47.6 Å². The van der Waals surface area contributed by atoms with Crippen LogP contribution < -0.4 is 4.74 Å². The molecule has 1 aliphatic rings. The van der Waals surface area contributed by atoms with E-state index >= 15 is 0 Å². The van der Waals surface area contributed by atoms with Gasteiger partial charge in [0.2, 0.25) is 5.91 Å². The lowest BCUT2D eigenvalue weighted by Crippen LogP contribution is -2.50. The van der Waals surface area contributed by atoms with Crippen molar-refractivity contribution in [3.05, 3.63) is 101 Å². The highest BCUT2D eigenvalue weighted by molar-refractivity contribution is 5.83. The summed E-state index contributed by atoms with van der Waals surface area (Å²) in [7, 11) is 1.67. The van der Waals surface area contributed by atoms with Crippen LogP contribution in [-0.4, -0.2) is 55.5 Å². The van der Waals surface area contributed by atoms with Crippen molar-refractivity contribution in [1.29, 1.82) is 5.26 Å². The van der Waals surface area contributed by atoms with Gasteiger partial charge in [0.05, 0.1) is 37.4 Å². The molecule has 0 radical (unpaired) electrons. The molecule has 1 heterocycles. The fourth-order valence-electron chi connectivity index (χ4n) is 4.81. The van der Waals surface area contributed by atoms with Gasteiger partial charge in [-0.2, -0.15) is 5.26 Å². The summed E-state index contributed by atoms with van der Waals surface area (Å²) in [5.74, 6) is 0.925. The number of hydrogen-bond donors (Lipinski definition) is 0. The first-order valence-electron chi connectivity index (χ1n) is 12.9. The van der Waals surface area contributed by atoms with E-state index in [1.807, 2.05) is 77.7 Å². The van der Waals surface area contributed by atoms with Gasteiger partial charge in [-0.1, -0.05) is 61.5 Å². The molecule has 2 atom stereocenters. The van der Waals surface area contributed by atoms with E-state index in [2.05, 4.69) is 24.0 Å². The molecule has 0 unspecified atom stereocenters. The van der Waals surface area contributed by atoms with Crippen LogP contribution in [0.5, 0.6) is 5.75 Å². The molecule has 1 aliphatic heterocycles. The van der Waals surface area contributed by atoms with Crippen molar-refractivity contribution in [2.24, 2.45) is 0 Å². The molecule has 6 heteroatoms. The number of ether oxygens (including phenoxy) is 2. The first-order valence-corrected chi connectivity index (χ1v) is 12.9. The molecule has 37 heavy (non-hydrogen) atoms. The van der Waals surface area contributed by atoms with E-state index in [0.29, 0.717) is 25.3 Å². The number of hydrogen-bond acceptors (Lipinski definition) is 5. The van der Waals surface area contributed by atoms with Crippen LogP contribution in [0.2, 0.25) is 0 Å². The van der Waals surface area contributed by atoms with Crippen molar-refractivity contribution < 1.29 is 14.3 Å². The van der Waals surface area contributed by atoms with Crippen LogP contribution in [0.25, 0.3) is 0 Å². The number of carbonyl (C=O) groups is 1. The van der Waals surface area contributed by atoms with Gasteiger partial charge in [0.25, 0.3) is 0 Å². The summed E-state index contributed by atoms with van der Waals surface area (Å²) in [5, 5.41) is 9.06. The fraction of sp³-hybridized carbons (Fsp3) is 0.355. The molecule has 0 bridgehead atoms. The topological polar surface area (TPSA) is 65.8 Å². The minimum atomic E-state index is -0.152. The Morgan fingerprint density at radius 2 is 1.65 bits per heavy atom. The number of amides is 1. The number of carbonyl (C=O) groups excluding carboxylic acids is 1. The number of benzene rings is 3. The van der Waals surface area contributed by atoms with Gasteiger partial charge in [-0.3, -0.25) is 9.69 Å². The summed E-state index contributed by atoms with van der Waals surface area (Å²) >= 11 is 0. The molecule has 3 aromatic carbocycles. The molecule has 1 fully saturated rings. The van der Waals surface area contributed by atoms with Crippen molar-refractivity contribution >= 4 is 5.91 Å². The Morgan fingerprint density at radius 1 is 0.946 bits per heavy atom. The van der Waals surface area contributed by atoms with Gasteiger partial charge in [-0.25, -0.2) is 0 Å². The normalized spacial score (nSPS) is 15.5. The van der Waals surface area contributed by atoms with Crippen molar-refractivity contribution in [2.45, 2.75) is 32.0 Å². The number of piperazine rings is 1. The Morgan fingerprint density at radius 3 is 2.30 bits per heavy atom. The van der Waals surface area contributed by atoms with Gasteiger partial charge in [0.1, 0.15) is 5.75 Å². The molecule has 0 saturated carbocycles. The molecule has 3 aromatic rings. The van der Waals surface area contributed by atoms with Crippen molar-refractivity contribution in [3.8, 4) is 11.8 Å². The highest BCUT2D eigenvalue weighted by Crippen LogP contribution is 2.26. The highest BCUT2D eigenvalue weighted by Gasteiger charge is 2.28. The van der Waals surface area contributed by atoms with Gasteiger partial charge in [-0.05, 0) is 47.4 Å². The second kappa shape index (κ2) is 13.0. The third kappa shape index (κ3) is 6.97. The molecule has 192 valence electrons. The number of nitrogens with zero attached hydrogens (tertiary/aromatic N) is 3. The summed E-state index contributed by atoms with van der Waals surface area (Å²) < 4.78 is 11.9. The quantitative estimate of drug-likeness (QED) is 0.387. The van der Waals surface area contributed by atoms with Gasteiger partial charge < -0.3 is 14.4 Å². The van der Waals surface area contributed by atoms with Gasteiger partial charge in [0, 0.05) is 32.7 Å². The van der Waals surface area contributed by atoms with E-state index < -0.39 is 0 Å². The first-order chi connectivity index (χ1) is 18.1. The maximum absolute atomic E-state index is 13.3. The number of nitriles is 1. The van der Waals surface area contributed by atoms with Crippen LogP contribution in [0.3, 0.4) is 0 Å². The van der Waals surface area contributed by atoms with Crippen molar-refractivity contribution in [2.75, 3.05) is 39.8 Å². The highest BCUT2D eigenvalue weighted by atomic mass is 16.5. The zero-order valence-corrected chi connectivity index (χ0v) is 21.7. The molecule has 0 N–H and O–H groups in total. The van der Waals surface area contributed by atoms with Crippen LogP contribution in [-0.2, 0) is 16.1 Å². The maximum atomic E-state index is 13.3.